The van der Waals surface area contributed by atoms with E-state index < -0.39 is 5.72 Å². The van der Waals surface area contributed by atoms with E-state index in [2.05, 4.69) is 0 Å². The molecule has 1 aromatic carbocycles. The van der Waals surface area contributed by atoms with Crippen LogP contribution < -0.4 is 0 Å². The fourth-order valence-corrected chi connectivity index (χ4v) is 2.16. The summed E-state index contributed by atoms with van der Waals surface area (Å²) >= 11 is 0. The Kier molecular flexibility index (Phi) is 2.97. The molecule has 3 nitrogen and oxygen atoms in total. The van der Waals surface area contributed by atoms with E-state index in [0.717, 1.165) is 6.42 Å². The zero-order valence-corrected chi connectivity index (χ0v) is 9.52. The number of aryl methyl sites for hydroxylation is 1. The first kappa shape index (κ1) is 11.1. The maximum absolute atomic E-state index is 11.4. The molecular formula is C13H17NO2. The molecule has 1 unspecified atom stereocenters. The largest absolute Gasteiger partial charge is 0.371 e. The van der Waals surface area contributed by atoms with Gasteiger partial charge in [-0.1, -0.05) is 30.3 Å². The van der Waals surface area contributed by atoms with Crippen LogP contribution in [-0.2, 0) is 11.2 Å². The van der Waals surface area contributed by atoms with Crippen molar-refractivity contribution in [3.05, 3.63) is 35.9 Å². The Hall–Kier alpha value is -1.35. The lowest BCUT2D eigenvalue weighted by molar-refractivity contribution is -0.142. The number of likely N-dealkylation sites (tertiary alicyclic amines) is 1. The highest BCUT2D eigenvalue weighted by atomic mass is 16.3. The van der Waals surface area contributed by atoms with Gasteiger partial charge in [0.15, 0.2) is 0 Å². The zero-order valence-electron chi connectivity index (χ0n) is 9.52. The molecule has 2 rings (SSSR count). The number of hydrogen-bond donors (Lipinski definition) is 1. The van der Waals surface area contributed by atoms with E-state index in [-0.39, 0.29) is 5.91 Å². The number of hydrogen-bond acceptors (Lipinski definition) is 2. The molecule has 86 valence electrons. The normalized spacial score (nSPS) is 25.1. The third-order valence-corrected chi connectivity index (χ3v) is 3.39. The Morgan fingerprint density at radius 2 is 2.06 bits per heavy atom. The number of amides is 1. The quantitative estimate of drug-likeness (QED) is 0.838. The first-order valence-corrected chi connectivity index (χ1v) is 5.65. The van der Waals surface area contributed by atoms with Crippen LogP contribution in [-0.4, -0.2) is 28.7 Å². The van der Waals surface area contributed by atoms with Crippen LogP contribution >= 0.6 is 0 Å². The number of carbonyl (C=O) groups is 1. The second kappa shape index (κ2) is 4.26. The number of carbonyl (C=O) groups excluding carboxylic acids is 1. The maximum Gasteiger partial charge on any atom is 0.224 e. The van der Waals surface area contributed by atoms with Crippen molar-refractivity contribution in [2.24, 2.45) is 0 Å². The fourth-order valence-electron chi connectivity index (χ4n) is 2.16. The van der Waals surface area contributed by atoms with Gasteiger partial charge in [0.05, 0.1) is 0 Å². The summed E-state index contributed by atoms with van der Waals surface area (Å²) in [6, 6.07) is 10.0. The van der Waals surface area contributed by atoms with Crippen LogP contribution in [0.5, 0.6) is 0 Å². The van der Waals surface area contributed by atoms with Crippen LogP contribution in [0, 0.1) is 0 Å². The van der Waals surface area contributed by atoms with Gasteiger partial charge in [-0.2, -0.15) is 0 Å². The van der Waals surface area contributed by atoms with E-state index in [0.29, 0.717) is 19.3 Å². The molecule has 1 N–H and O–H groups in total. The molecule has 1 saturated heterocycles. The molecule has 1 atom stereocenters. The number of nitrogens with zero attached hydrogens (tertiary/aromatic N) is 1. The van der Waals surface area contributed by atoms with Gasteiger partial charge in [-0.05, 0) is 18.4 Å². The molecule has 0 spiro atoms. The van der Waals surface area contributed by atoms with Crippen molar-refractivity contribution in [1.82, 2.24) is 4.90 Å². The molecule has 0 aromatic heterocycles. The minimum atomic E-state index is -0.938. The standard InChI is InChI=1S/C13H17NO2/c1-14-12(15)8-10-13(14,16)9-7-11-5-3-2-4-6-11/h2-6,16H,7-10H2,1H3. The van der Waals surface area contributed by atoms with Crippen LogP contribution in [0.15, 0.2) is 30.3 Å². The molecule has 1 amide bonds. The predicted octanol–water partition coefficient (Wildman–Crippen LogP) is 1.56. The lowest BCUT2D eigenvalue weighted by Crippen LogP contribution is -2.43. The van der Waals surface area contributed by atoms with Gasteiger partial charge in [-0.3, -0.25) is 4.79 Å². The van der Waals surface area contributed by atoms with Gasteiger partial charge in [0.25, 0.3) is 0 Å². The molecule has 1 aliphatic rings. The maximum atomic E-state index is 11.4. The predicted molar refractivity (Wildman–Crippen MR) is 61.7 cm³/mol. The number of benzene rings is 1. The SMILES string of the molecule is CN1C(=O)CCC1(O)CCc1ccccc1. The molecule has 3 heteroatoms. The van der Waals surface area contributed by atoms with Gasteiger partial charge >= 0.3 is 0 Å². The van der Waals surface area contributed by atoms with Gasteiger partial charge in [0.1, 0.15) is 5.72 Å². The van der Waals surface area contributed by atoms with Gasteiger partial charge in [0.2, 0.25) is 5.91 Å². The van der Waals surface area contributed by atoms with E-state index in [9.17, 15) is 9.90 Å². The van der Waals surface area contributed by atoms with Crippen LogP contribution in [0.2, 0.25) is 0 Å². The molecule has 0 radical (unpaired) electrons. The molecule has 0 aliphatic carbocycles. The smallest absolute Gasteiger partial charge is 0.224 e. The highest BCUT2D eigenvalue weighted by Crippen LogP contribution is 2.30. The first-order chi connectivity index (χ1) is 7.62. The summed E-state index contributed by atoms with van der Waals surface area (Å²) in [5, 5.41) is 10.3. The van der Waals surface area contributed by atoms with Crippen LogP contribution in [0.25, 0.3) is 0 Å². The minimum Gasteiger partial charge on any atom is -0.371 e. The Bertz CT molecular complexity index is 377. The van der Waals surface area contributed by atoms with Crippen molar-refractivity contribution >= 4 is 5.91 Å². The third kappa shape index (κ3) is 2.09. The van der Waals surface area contributed by atoms with Crippen LogP contribution in [0.3, 0.4) is 0 Å². The summed E-state index contributed by atoms with van der Waals surface area (Å²) < 4.78 is 0. The van der Waals surface area contributed by atoms with Crippen LogP contribution in [0.1, 0.15) is 24.8 Å². The van der Waals surface area contributed by atoms with Crippen molar-refractivity contribution in [2.75, 3.05) is 7.05 Å². The van der Waals surface area contributed by atoms with Gasteiger partial charge < -0.3 is 10.0 Å². The van der Waals surface area contributed by atoms with E-state index in [1.807, 2.05) is 30.3 Å². The topological polar surface area (TPSA) is 40.5 Å². The Labute approximate surface area is 95.7 Å². The van der Waals surface area contributed by atoms with E-state index in [1.54, 1.807) is 7.05 Å². The summed E-state index contributed by atoms with van der Waals surface area (Å²) in [5.41, 5.74) is 0.260. The fraction of sp³-hybridized carbons (Fsp3) is 0.462. The monoisotopic (exact) mass is 219 g/mol. The van der Waals surface area contributed by atoms with Gasteiger partial charge in [0, 0.05) is 19.9 Å². The van der Waals surface area contributed by atoms with Crippen molar-refractivity contribution < 1.29 is 9.90 Å². The molecular weight excluding hydrogens is 202 g/mol. The lowest BCUT2D eigenvalue weighted by Gasteiger charge is -2.30. The van der Waals surface area contributed by atoms with Crippen LogP contribution in [0.4, 0.5) is 0 Å². The molecule has 0 saturated carbocycles. The van der Waals surface area contributed by atoms with Crippen molar-refractivity contribution in [2.45, 2.75) is 31.4 Å². The summed E-state index contributed by atoms with van der Waals surface area (Å²) in [6.45, 7) is 0. The van der Waals surface area contributed by atoms with Gasteiger partial charge in [-0.15, -0.1) is 0 Å². The molecule has 1 fully saturated rings. The Morgan fingerprint density at radius 1 is 1.38 bits per heavy atom. The molecule has 1 aliphatic heterocycles. The summed E-state index contributed by atoms with van der Waals surface area (Å²) in [5.74, 6) is 0.0376. The molecule has 16 heavy (non-hydrogen) atoms. The highest BCUT2D eigenvalue weighted by Gasteiger charge is 2.40. The third-order valence-electron chi connectivity index (χ3n) is 3.39. The summed E-state index contributed by atoms with van der Waals surface area (Å²) in [4.78, 5) is 12.8. The zero-order chi connectivity index (χ0) is 11.6. The highest BCUT2D eigenvalue weighted by molar-refractivity contribution is 5.78. The lowest BCUT2D eigenvalue weighted by atomic mass is 10.0. The number of rotatable bonds is 3. The second-order valence-electron chi connectivity index (χ2n) is 4.42. The average molecular weight is 219 g/mol. The first-order valence-electron chi connectivity index (χ1n) is 5.65. The second-order valence-corrected chi connectivity index (χ2v) is 4.42. The number of aliphatic hydroxyl groups is 1. The van der Waals surface area contributed by atoms with Crippen molar-refractivity contribution in [1.29, 1.82) is 0 Å². The summed E-state index contributed by atoms with van der Waals surface area (Å²) in [7, 11) is 1.68. The molecule has 1 aromatic rings. The average Bonchev–Trinajstić information content (AvgIpc) is 2.57. The summed E-state index contributed by atoms with van der Waals surface area (Å²) in [6.07, 6.45) is 2.42. The van der Waals surface area contributed by atoms with Crippen molar-refractivity contribution in [3.8, 4) is 0 Å². The Morgan fingerprint density at radius 3 is 2.62 bits per heavy atom. The van der Waals surface area contributed by atoms with E-state index in [1.165, 1.54) is 10.5 Å². The molecule has 0 bridgehead atoms. The molecule has 1 heterocycles. The van der Waals surface area contributed by atoms with E-state index >= 15 is 0 Å². The van der Waals surface area contributed by atoms with E-state index in [4.69, 9.17) is 0 Å². The minimum absolute atomic E-state index is 0.0376. The van der Waals surface area contributed by atoms with Gasteiger partial charge in [-0.25, -0.2) is 0 Å². The Balaban J connectivity index is 1.98. The van der Waals surface area contributed by atoms with Crippen molar-refractivity contribution in [3.63, 3.8) is 0 Å².